The van der Waals surface area contributed by atoms with Crippen molar-refractivity contribution in [2.45, 2.75) is 19.4 Å². The minimum atomic E-state index is -0.590. The molecule has 0 aromatic heterocycles. The molecule has 4 heteroatoms. The molecule has 4 nitrogen and oxygen atoms in total. The lowest BCUT2D eigenvalue weighted by Crippen LogP contribution is -2.39. The summed E-state index contributed by atoms with van der Waals surface area (Å²) in [5.74, 6) is 0.277. The van der Waals surface area contributed by atoms with E-state index in [0.29, 0.717) is 0 Å². The Balaban J connectivity index is 2.40. The van der Waals surface area contributed by atoms with Crippen molar-refractivity contribution < 1.29 is 4.79 Å². The summed E-state index contributed by atoms with van der Waals surface area (Å²) >= 11 is 0. The number of nitrogens with one attached hydrogen (secondary N) is 2. The highest BCUT2D eigenvalue weighted by Gasteiger charge is 2.41. The Morgan fingerprint density at radius 1 is 1.27 bits per heavy atom. The van der Waals surface area contributed by atoms with E-state index >= 15 is 0 Å². The van der Waals surface area contributed by atoms with E-state index in [0.717, 1.165) is 5.69 Å². The van der Waals surface area contributed by atoms with Gasteiger partial charge in [0, 0.05) is 0 Å². The molecule has 1 aromatic carbocycles. The van der Waals surface area contributed by atoms with Gasteiger partial charge in [0.25, 0.3) is 0 Å². The van der Waals surface area contributed by atoms with E-state index in [1.54, 1.807) is 0 Å². The molecule has 1 heterocycles. The zero-order valence-corrected chi connectivity index (χ0v) is 8.74. The minimum Gasteiger partial charge on any atom is -0.325 e. The molecule has 1 aliphatic heterocycles. The Hall–Kier alpha value is -1.84. The number of hydrogen-bond acceptors (Lipinski definition) is 2. The molecule has 0 saturated carbocycles. The summed E-state index contributed by atoms with van der Waals surface area (Å²) < 4.78 is 0. The number of carbonyl (C=O) groups is 1. The number of para-hydroxylation sites is 1. The number of nitrogens with zero attached hydrogens (tertiary/aromatic N) is 1. The second-order valence-corrected chi connectivity index (χ2v) is 4.07. The summed E-state index contributed by atoms with van der Waals surface area (Å²) in [5.41, 5.74) is 0.137. The summed E-state index contributed by atoms with van der Waals surface area (Å²) in [6.45, 7) is 3.63. The fourth-order valence-electron chi connectivity index (χ4n) is 1.59. The Morgan fingerprint density at radius 3 is 2.33 bits per heavy atom. The van der Waals surface area contributed by atoms with Gasteiger partial charge in [-0.25, -0.2) is 9.69 Å². The van der Waals surface area contributed by atoms with Gasteiger partial charge in [-0.1, -0.05) is 18.2 Å². The maximum absolute atomic E-state index is 11.7. The Kier molecular flexibility index (Phi) is 2.00. The van der Waals surface area contributed by atoms with Crippen molar-refractivity contribution in [2.75, 3.05) is 4.90 Å². The fourth-order valence-corrected chi connectivity index (χ4v) is 1.59. The van der Waals surface area contributed by atoms with Crippen LogP contribution < -0.4 is 10.2 Å². The van der Waals surface area contributed by atoms with Crippen molar-refractivity contribution in [3.63, 3.8) is 0 Å². The molecule has 1 aliphatic rings. The Labute approximate surface area is 88.4 Å². The van der Waals surface area contributed by atoms with Gasteiger partial charge in [-0.2, -0.15) is 0 Å². The molecule has 2 amide bonds. The largest absolute Gasteiger partial charge is 0.328 e. The van der Waals surface area contributed by atoms with Gasteiger partial charge in [-0.15, -0.1) is 0 Å². The third-order valence-corrected chi connectivity index (χ3v) is 2.45. The lowest BCUT2D eigenvalue weighted by atomic mass is 10.1. The van der Waals surface area contributed by atoms with Crippen molar-refractivity contribution in [1.29, 1.82) is 5.41 Å². The highest BCUT2D eigenvalue weighted by atomic mass is 16.2. The third-order valence-electron chi connectivity index (χ3n) is 2.45. The lowest BCUT2D eigenvalue weighted by Gasteiger charge is -2.19. The first-order valence-corrected chi connectivity index (χ1v) is 4.79. The summed E-state index contributed by atoms with van der Waals surface area (Å²) in [5, 5.41) is 10.7. The number of benzene rings is 1. The maximum Gasteiger partial charge on any atom is 0.328 e. The molecule has 78 valence electrons. The van der Waals surface area contributed by atoms with Crippen LogP contribution in [0.2, 0.25) is 0 Å². The quantitative estimate of drug-likeness (QED) is 0.720. The van der Waals surface area contributed by atoms with Gasteiger partial charge in [0.2, 0.25) is 0 Å². The molecule has 0 unspecified atom stereocenters. The standard InChI is InChI=1S/C11H13N3O/c1-11(2)9(12)14(10(15)13-11)8-6-4-3-5-7-8/h3-7,12H,1-2H3,(H,13,15). The highest BCUT2D eigenvalue weighted by Crippen LogP contribution is 2.23. The SMILES string of the molecule is CC1(C)NC(=O)N(c2ccccc2)C1=N. The molecule has 0 spiro atoms. The predicted molar refractivity (Wildman–Crippen MR) is 59.3 cm³/mol. The molecular weight excluding hydrogens is 190 g/mol. The van der Waals surface area contributed by atoms with Crippen LogP contribution in [0.1, 0.15) is 13.8 Å². The van der Waals surface area contributed by atoms with Gasteiger partial charge in [0.05, 0.1) is 11.2 Å². The zero-order chi connectivity index (χ0) is 11.1. The molecule has 15 heavy (non-hydrogen) atoms. The second kappa shape index (κ2) is 3.08. The second-order valence-electron chi connectivity index (χ2n) is 4.07. The summed E-state index contributed by atoms with van der Waals surface area (Å²) in [4.78, 5) is 13.1. The Bertz CT molecular complexity index is 411. The van der Waals surface area contributed by atoms with Gasteiger partial charge in [-0.3, -0.25) is 5.41 Å². The van der Waals surface area contributed by atoms with Crippen molar-refractivity contribution in [3.8, 4) is 0 Å². The molecule has 0 radical (unpaired) electrons. The summed E-state index contributed by atoms with van der Waals surface area (Å²) in [6, 6.07) is 8.97. The molecule has 0 bridgehead atoms. The predicted octanol–water partition coefficient (Wildman–Crippen LogP) is 1.97. The number of carbonyl (C=O) groups excluding carboxylic acids is 1. The van der Waals surface area contributed by atoms with Crippen LogP contribution in [0.15, 0.2) is 30.3 Å². The van der Waals surface area contributed by atoms with Crippen molar-refractivity contribution >= 4 is 17.6 Å². The van der Waals surface area contributed by atoms with Gasteiger partial charge in [0.15, 0.2) is 0 Å². The molecular formula is C11H13N3O. The number of urea groups is 1. The first kappa shape index (κ1) is 9.71. The molecule has 2 rings (SSSR count). The van der Waals surface area contributed by atoms with Crippen LogP contribution in [0.3, 0.4) is 0 Å². The van der Waals surface area contributed by atoms with Crippen LogP contribution in [0.4, 0.5) is 10.5 Å². The molecule has 1 aromatic rings. The fraction of sp³-hybridized carbons (Fsp3) is 0.273. The topological polar surface area (TPSA) is 56.2 Å². The van der Waals surface area contributed by atoms with Gasteiger partial charge < -0.3 is 5.32 Å². The van der Waals surface area contributed by atoms with Gasteiger partial charge in [-0.05, 0) is 26.0 Å². The van der Waals surface area contributed by atoms with E-state index in [2.05, 4.69) is 5.32 Å². The first-order chi connectivity index (χ1) is 7.02. The number of amides is 2. The van der Waals surface area contributed by atoms with E-state index in [9.17, 15) is 4.79 Å². The normalized spacial score (nSPS) is 19.2. The molecule has 0 atom stereocenters. The number of rotatable bonds is 1. The van der Waals surface area contributed by atoms with Crippen LogP contribution in [0, 0.1) is 5.41 Å². The van der Waals surface area contributed by atoms with E-state index in [1.807, 2.05) is 44.2 Å². The van der Waals surface area contributed by atoms with Crippen LogP contribution >= 0.6 is 0 Å². The first-order valence-electron chi connectivity index (χ1n) is 4.79. The average Bonchev–Trinajstić information content (AvgIpc) is 2.38. The van der Waals surface area contributed by atoms with Crippen molar-refractivity contribution in [3.05, 3.63) is 30.3 Å². The third kappa shape index (κ3) is 1.48. The van der Waals surface area contributed by atoms with Crippen LogP contribution in [0.25, 0.3) is 0 Å². The molecule has 2 N–H and O–H groups in total. The summed E-state index contributed by atoms with van der Waals surface area (Å²) in [6.07, 6.45) is 0. The van der Waals surface area contributed by atoms with E-state index in [1.165, 1.54) is 4.90 Å². The molecule has 1 fully saturated rings. The monoisotopic (exact) mass is 203 g/mol. The smallest absolute Gasteiger partial charge is 0.325 e. The van der Waals surface area contributed by atoms with Crippen molar-refractivity contribution in [1.82, 2.24) is 5.32 Å². The maximum atomic E-state index is 11.7. The highest BCUT2D eigenvalue weighted by molar-refractivity contribution is 6.24. The number of amidine groups is 1. The Morgan fingerprint density at radius 2 is 1.87 bits per heavy atom. The van der Waals surface area contributed by atoms with Crippen LogP contribution in [0.5, 0.6) is 0 Å². The van der Waals surface area contributed by atoms with Crippen LogP contribution in [-0.4, -0.2) is 17.4 Å². The number of anilines is 1. The average molecular weight is 203 g/mol. The zero-order valence-electron chi connectivity index (χ0n) is 8.74. The van der Waals surface area contributed by atoms with E-state index in [4.69, 9.17) is 5.41 Å². The van der Waals surface area contributed by atoms with E-state index < -0.39 is 5.54 Å². The minimum absolute atomic E-state index is 0.240. The van der Waals surface area contributed by atoms with Gasteiger partial charge in [0.1, 0.15) is 5.84 Å². The molecule has 1 saturated heterocycles. The van der Waals surface area contributed by atoms with E-state index in [-0.39, 0.29) is 11.9 Å². The lowest BCUT2D eigenvalue weighted by molar-refractivity contribution is 0.249. The van der Waals surface area contributed by atoms with Crippen molar-refractivity contribution in [2.24, 2.45) is 0 Å². The summed E-state index contributed by atoms with van der Waals surface area (Å²) in [7, 11) is 0. The number of hydrogen-bond donors (Lipinski definition) is 2. The molecule has 0 aliphatic carbocycles. The van der Waals surface area contributed by atoms with Crippen LogP contribution in [-0.2, 0) is 0 Å². The van der Waals surface area contributed by atoms with Gasteiger partial charge >= 0.3 is 6.03 Å².